The Labute approximate surface area is 124 Å². The summed E-state index contributed by atoms with van der Waals surface area (Å²) < 4.78 is 4.81. The van der Waals surface area contributed by atoms with Gasteiger partial charge in [0.1, 0.15) is 0 Å². The van der Waals surface area contributed by atoms with Gasteiger partial charge in [0, 0.05) is 0 Å². The monoisotopic (exact) mass is 284 g/mol. The van der Waals surface area contributed by atoms with Crippen LogP contribution in [0.5, 0.6) is 0 Å². The van der Waals surface area contributed by atoms with Crippen LogP contribution in [0.1, 0.15) is 84.0 Å². The predicted molar refractivity (Wildman–Crippen MR) is 83.8 cm³/mol. The molecule has 0 heterocycles. The lowest BCUT2D eigenvalue weighted by atomic mass is 10.1. The van der Waals surface area contributed by atoms with Gasteiger partial charge in [-0.2, -0.15) is 0 Å². The van der Waals surface area contributed by atoms with Gasteiger partial charge < -0.3 is 9.84 Å². The van der Waals surface area contributed by atoms with E-state index in [4.69, 9.17) is 9.84 Å². The minimum atomic E-state index is -0.701. The molecule has 0 aromatic rings. The molecule has 0 aliphatic rings. The van der Waals surface area contributed by atoms with Crippen LogP contribution in [0.25, 0.3) is 0 Å². The van der Waals surface area contributed by atoms with Crippen molar-refractivity contribution in [1.82, 2.24) is 0 Å². The van der Waals surface area contributed by atoms with Crippen LogP contribution >= 0.6 is 0 Å². The van der Waals surface area contributed by atoms with E-state index in [1.165, 1.54) is 64.2 Å². The molecule has 3 heteroatoms. The highest BCUT2D eigenvalue weighted by Gasteiger charge is 2.04. The van der Waals surface area contributed by atoms with Crippen molar-refractivity contribution >= 4 is 5.97 Å². The summed E-state index contributed by atoms with van der Waals surface area (Å²) in [5.74, 6) is -1.21. The fourth-order valence-corrected chi connectivity index (χ4v) is 2.19. The lowest BCUT2D eigenvalue weighted by molar-refractivity contribution is -0.142. The molecule has 20 heavy (non-hydrogen) atoms. The first-order chi connectivity index (χ1) is 9.68. The van der Waals surface area contributed by atoms with Crippen LogP contribution in [0.15, 0.2) is 12.3 Å². The number of aliphatic hydroxyl groups excluding tert-OH is 1. The molecule has 0 saturated carbocycles. The van der Waals surface area contributed by atoms with E-state index in [0.717, 1.165) is 12.8 Å². The highest BCUT2D eigenvalue weighted by Crippen LogP contribution is 2.11. The average molecular weight is 284 g/mol. The molecule has 3 nitrogen and oxygen atoms in total. The zero-order valence-corrected chi connectivity index (χ0v) is 13.2. The van der Waals surface area contributed by atoms with Crippen molar-refractivity contribution in [3.05, 3.63) is 12.3 Å². The third kappa shape index (κ3) is 13.4. The van der Waals surface area contributed by atoms with Crippen LogP contribution < -0.4 is 0 Å². The van der Waals surface area contributed by atoms with Crippen molar-refractivity contribution in [2.75, 3.05) is 6.61 Å². The molecule has 0 unspecified atom stereocenters. The number of aliphatic hydroxyl groups is 1. The largest absolute Gasteiger partial charge is 0.502 e. The third-order valence-corrected chi connectivity index (χ3v) is 3.47. The van der Waals surface area contributed by atoms with Gasteiger partial charge in [0.05, 0.1) is 6.61 Å². The zero-order valence-electron chi connectivity index (χ0n) is 13.2. The maximum Gasteiger partial charge on any atom is 0.372 e. The Balaban J connectivity index is 3.06. The summed E-state index contributed by atoms with van der Waals surface area (Å²) in [6, 6.07) is 0. The highest BCUT2D eigenvalue weighted by atomic mass is 16.5. The van der Waals surface area contributed by atoms with E-state index in [2.05, 4.69) is 13.5 Å². The van der Waals surface area contributed by atoms with Gasteiger partial charge in [0.2, 0.25) is 0 Å². The number of carbonyl (C=O) groups is 1. The minimum absolute atomic E-state index is 0.385. The molecule has 0 aromatic heterocycles. The van der Waals surface area contributed by atoms with Gasteiger partial charge in [-0.15, -0.1) is 0 Å². The highest BCUT2D eigenvalue weighted by molar-refractivity contribution is 5.84. The number of hydrogen-bond acceptors (Lipinski definition) is 3. The van der Waals surface area contributed by atoms with Crippen molar-refractivity contribution < 1.29 is 14.6 Å². The number of hydrogen-bond donors (Lipinski definition) is 1. The molecule has 0 fully saturated rings. The summed E-state index contributed by atoms with van der Waals surface area (Å²) in [4.78, 5) is 10.9. The van der Waals surface area contributed by atoms with Gasteiger partial charge >= 0.3 is 5.97 Å². The number of carbonyl (C=O) groups excluding carboxylic acids is 1. The average Bonchev–Trinajstić information content (AvgIpc) is 2.43. The van der Waals surface area contributed by atoms with E-state index in [1.54, 1.807) is 0 Å². The van der Waals surface area contributed by atoms with Crippen molar-refractivity contribution in [1.29, 1.82) is 0 Å². The van der Waals surface area contributed by atoms with E-state index < -0.39 is 11.7 Å². The Morgan fingerprint density at radius 1 is 0.850 bits per heavy atom. The maximum atomic E-state index is 10.9. The molecule has 0 atom stereocenters. The second-order valence-corrected chi connectivity index (χ2v) is 5.47. The number of unbranched alkanes of at least 4 members (excludes halogenated alkanes) is 11. The van der Waals surface area contributed by atoms with Crippen LogP contribution in [0.2, 0.25) is 0 Å². The first-order valence-corrected chi connectivity index (χ1v) is 8.23. The molecule has 0 aromatic carbocycles. The summed E-state index contributed by atoms with van der Waals surface area (Å²) in [7, 11) is 0. The normalized spacial score (nSPS) is 10.4. The van der Waals surface area contributed by atoms with Crippen molar-refractivity contribution in [2.45, 2.75) is 84.0 Å². The smallest absolute Gasteiger partial charge is 0.372 e. The molecule has 0 rings (SSSR count). The summed E-state index contributed by atoms with van der Waals surface area (Å²) in [6.45, 7) is 5.75. The van der Waals surface area contributed by atoms with E-state index in [-0.39, 0.29) is 0 Å². The van der Waals surface area contributed by atoms with E-state index in [9.17, 15) is 4.79 Å². The summed E-state index contributed by atoms with van der Waals surface area (Å²) in [5.41, 5.74) is 0. The van der Waals surface area contributed by atoms with Crippen molar-refractivity contribution in [3.63, 3.8) is 0 Å². The van der Waals surface area contributed by atoms with Gasteiger partial charge in [0.25, 0.3) is 0 Å². The fourth-order valence-electron chi connectivity index (χ4n) is 2.19. The molecule has 0 radical (unpaired) electrons. The van der Waals surface area contributed by atoms with Gasteiger partial charge in [-0.25, -0.2) is 4.79 Å². The predicted octanol–water partition coefficient (Wildman–Crippen LogP) is 5.30. The minimum Gasteiger partial charge on any atom is -0.502 e. The summed E-state index contributed by atoms with van der Waals surface area (Å²) in [6.07, 6.45) is 15.4. The van der Waals surface area contributed by atoms with Crippen LogP contribution in [0, 0.1) is 0 Å². The van der Waals surface area contributed by atoms with Crippen molar-refractivity contribution in [3.8, 4) is 0 Å². The molecule has 0 spiro atoms. The molecule has 0 aliphatic heterocycles. The summed E-state index contributed by atoms with van der Waals surface area (Å²) >= 11 is 0. The zero-order chi connectivity index (χ0) is 15.1. The van der Waals surface area contributed by atoms with Crippen LogP contribution in [0.3, 0.4) is 0 Å². The Bertz CT molecular complexity index is 249. The quantitative estimate of drug-likeness (QED) is 0.204. The topological polar surface area (TPSA) is 46.5 Å². The number of rotatable bonds is 14. The maximum absolute atomic E-state index is 10.9. The molecule has 0 aliphatic carbocycles. The lowest BCUT2D eigenvalue weighted by Crippen LogP contribution is -2.07. The molecular weight excluding hydrogens is 252 g/mol. The molecule has 0 amide bonds. The van der Waals surface area contributed by atoms with E-state index >= 15 is 0 Å². The first kappa shape index (κ1) is 19.0. The lowest BCUT2D eigenvalue weighted by Gasteiger charge is -2.04. The number of esters is 1. The Morgan fingerprint density at radius 2 is 1.25 bits per heavy atom. The molecule has 1 N–H and O–H groups in total. The molecule has 0 bridgehead atoms. The van der Waals surface area contributed by atoms with Gasteiger partial charge in [-0.1, -0.05) is 77.6 Å². The van der Waals surface area contributed by atoms with E-state index in [1.807, 2.05) is 0 Å². The van der Waals surface area contributed by atoms with Crippen molar-refractivity contribution in [2.24, 2.45) is 0 Å². The van der Waals surface area contributed by atoms with Crippen LogP contribution in [-0.2, 0) is 9.53 Å². The van der Waals surface area contributed by atoms with Crippen LogP contribution in [0.4, 0.5) is 0 Å². The van der Waals surface area contributed by atoms with Gasteiger partial charge in [0.15, 0.2) is 5.76 Å². The van der Waals surface area contributed by atoms with Gasteiger partial charge in [-0.05, 0) is 13.0 Å². The Morgan fingerprint density at radius 3 is 1.65 bits per heavy atom. The molecule has 118 valence electrons. The Kier molecular flexibility index (Phi) is 13.7. The second kappa shape index (κ2) is 14.4. The van der Waals surface area contributed by atoms with Gasteiger partial charge in [-0.3, -0.25) is 0 Å². The SMILES string of the molecule is C=C(O)C(=O)OCCCCCCCCCCCCCC. The van der Waals surface area contributed by atoms with Crippen LogP contribution in [-0.4, -0.2) is 17.7 Å². The third-order valence-electron chi connectivity index (χ3n) is 3.47. The summed E-state index contributed by atoms with van der Waals surface area (Å²) in [5, 5.41) is 8.74. The molecular formula is C17H32O3. The second-order valence-electron chi connectivity index (χ2n) is 5.47. The molecule has 0 saturated heterocycles. The Hall–Kier alpha value is -0.990. The number of ether oxygens (including phenoxy) is 1. The first-order valence-electron chi connectivity index (χ1n) is 8.23. The standard InChI is InChI=1S/C17H32O3/c1-3-4-5-6-7-8-9-10-11-12-13-14-15-20-17(19)16(2)18/h18H,2-15H2,1H3. The van der Waals surface area contributed by atoms with E-state index in [0.29, 0.717) is 6.61 Å². The fraction of sp³-hybridized carbons (Fsp3) is 0.824.